The molecule has 0 saturated carbocycles. The summed E-state index contributed by atoms with van der Waals surface area (Å²) in [6.07, 6.45) is 3.49. The zero-order valence-corrected chi connectivity index (χ0v) is 15.0. The van der Waals surface area contributed by atoms with Crippen LogP contribution in [-0.2, 0) is 11.3 Å². The molecule has 1 fully saturated rings. The van der Waals surface area contributed by atoms with Crippen LogP contribution in [0.4, 0.5) is 4.79 Å². The van der Waals surface area contributed by atoms with Crippen LogP contribution in [0.2, 0.25) is 0 Å². The largest absolute Gasteiger partial charge is 0.444 e. The second-order valence-electron chi connectivity index (χ2n) is 6.61. The number of carbonyl (C=O) groups excluding carboxylic acids is 1. The van der Waals surface area contributed by atoms with Gasteiger partial charge in [-0.25, -0.2) is 9.78 Å². The number of rotatable bonds is 3. The van der Waals surface area contributed by atoms with Crippen molar-refractivity contribution in [3.05, 3.63) is 28.5 Å². The fourth-order valence-electron chi connectivity index (χ4n) is 2.41. The topological polar surface area (TPSA) is 54.5 Å². The molecule has 122 valence electrons. The van der Waals surface area contributed by atoms with Gasteiger partial charge in [-0.15, -0.1) is 0 Å². The van der Waals surface area contributed by atoms with Crippen molar-refractivity contribution in [1.29, 1.82) is 0 Å². The van der Waals surface area contributed by atoms with Crippen LogP contribution in [0.3, 0.4) is 0 Å². The lowest BCUT2D eigenvalue weighted by Crippen LogP contribution is -2.46. The number of aromatic nitrogens is 1. The van der Waals surface area contributed by atoms with E-state index in [4.69, 9.17) is 4.74 Å². The number of likely N-dealkylation sites (tertiary alicyclic amines) is 1. The number of ether oxygens (including phenoxy) is 1. The lowest BCUT2D eigenvalue weighted by molar-refractivity contribution is 0.0198. The predicted octanol–water partition coefficient (Wildman–Crippen LogP) is 3.33. The molecule has 1 aliphatic rings. The number of nitrogens with one attached hydrogen (secondary N) is 1. The van der Waals surface area contributed by atoms with Crippen LogP contribution in [0.25, 0.3) is 0 Å². The lowest BCUT2D eigenvalue weighted by atomic mass is 10.1. The van der Waals surface area contributed by atoms with Crippen molar-refractivity contribution in [2.75, 3.05) is 13.1 Å². The van der Waals surface area contributed by atoms with Gasteiger partial charge in [-0.05, 0) is 67.2 Å². The third kappa shape index (κ3) is 5.57. The van der Waals surface area contributed by atoms with Crippen LogP contribution in [0, 0.1) is 0 Å². The number of hydrogen-bond acceptors (Lipinski definition) is 4. The molecule has 5 nitrogen and oxygen atoms in total. The van der Waals surface area contributed by atoms with Gasteiger partial charge in [0.2, 0.25) is 0 Å². The Bertz CT molecular complexity index is 508. The average molecular weight is 370 g/mol. The van der Waals surface area contributed by atoms with Crippen molar-refractivity contribution >= 4 is 22.0 Å². The molecular formula is C16H24BrN3O2. The summed E-state index contributed by atoms with van der Waals surface area (Å²) in [5.74, 6) is 0. The maximum absolute atomic E-state index is 12.0. The van der Waals surface area contributed by atoms with E-state index in [1.165, 1.54) is 5.56 Å². The Morgan fingerprint density at radius 2 is 2.14 bits per heavy atom. The van der Waals surface area contributed by atoms with Crippen LogP contribution < -0.4 is 5.32 Å². The first-order valence-electron chi connectivity index (χ1n) is 7.65. The molecule has 0 aliphatic carbocycles. The van der Waals surface area contributed by atoms with E-state index in [0.29, 0.717) is 6.04 Å². The molecule has 0 unspecified atom stereocenters. The number of hydrogen-bond donors (Lipinski definition) is 1. The smallest absolute Gasteiger partial charge is 0.410 e. The Kier molecular flexibility index (Phi) is 5.81. The van der Waals surface area contributed by atoms with E-state index < -0.39 is 5.60 Å². The van der Waals surface area contributed by atoms with E-state index in [0.717, 1.165) is 37.1 Å². The average Bonchev–Trinajstić information content (AvgIpc) is 2.44. The van der Waals surface area contributed by atoms with E-state index in [2.05, 4.69) is 26.2 Å². The Morgan fingerprint density at radius 1 is 1.45 bits per heavy atom. The molecule has 0 bridgehead atoms. The van der Waals surface area contributed by atoms with Crippen molar-refractivity contribution in [3.63, 3.8) is 0 Å². The van der Waals surface area contributed by atoms with Crippen LogP contribution in [-0.4, -0.2) is 40.7 Å². The summed E-state index contributed by atoms with van der Waals surface area (Å²) in [4.78, 5) is 17.9. The minimum Gasteiger partial charge on any atom is -0.444 e. The zero-order valence-electron chi connectivity index (χ0n) is 13.4. The van der Waals surface area contributed by atoms with Crippen LogP contribution >= 0.6 is 15.9 Å². The van der Waals surface area contributed by atoms with Crippen molar-refractivity contribution < 1.29 is 9.53 Å². The van der Waals surface area contributed by atoms with Gasteiger partial charge in [0.05, 0.1) is 0 Å². The minimum atomic E-state index is -0.430. The maximum Gasteiger partial charge on any atom is 0.410 e. The second kappa shape index (κ2) is 7.42. The van der Waals surface area contributed by atoms with Crippen molar-refractivity contribution in [1.82, 2.24) is 15.2 Å². The SMILES string of the molecule is CC(C)(C)OC(=O)N1CCC(NCc2ccnc(Br)c2)CC1. The third-order valence-electron chi connectivity index (χ3n) is 3.53. The Hall–Kier alpha value is -1.14. The van der Waals surface area contributed by atoms with Crippen molar-refractivity contribution in [2.24, 2.45) is 0 Å². The molecule has 0 radical (unpaired) electrons. The summed E-state index contributed by atoms with van der Waals surface area (Å²) < 4.78 is 6.26. The number of amides is 1. The molecule has 6 heteroatoms. The first kappa shape index (κ1) is 17.2. The molecule has 1 amide bonds. The van der Waals surface area contributed by atoms with Crippen molar-refractivity contribution in [3.8, 4) is 0 Å². The lowest BCUT2D eigenvalue weighted by Gasteiger charge is -2.33. The normalized spacial score (nSPS) is 16.6. The van der Waals surface area contributed by atoms with Gasteiger partial charge < -0.3 is 15.0 Å². The first-order chi connectivity index (χ1) is 10.3. The van der Waals surface area contributed by atoms with E-state index >= 15 is 0 Å². The van der Waals surface area contributed by atoms with Gasteiger partial charge in [0.25, 0.3) is 0 Å². The molecule has 0 spiro atoms. The highest BCUT2D eigenvalue weighted by molar-refractivity contribution is 9.10. The highest BCUT2D eigenvalue weighted by Crippen LogP contribution is 2.16. The molecule has 22 heavy (non-hydrogen) atoms. The Morgan fingerprint density at radius 3 is 2.73 bits per heavy atom. The summed E-state index contributed by atoms with van der Waals surface area (Å²) in [7, 11) is 0. The summed E-state index contributed by atoms with van der Waals surface area (Å²) in [5.41, 5.74) is 0.775. The molecule has 1 aromatic rings. The van der Waals surface area contributed by atoms with E-state index in [-0.39, 0.29) is 6.09 Å². The quantitative estimate of drug-likeness (QED) is 0.830. The number of pyridine rings is 1. The molecule has 0 atom stereocenters. The molecule has 1 N–H and O–H groups in total. The van der Waals surface area contributed by atoms with Crippen LogP contribution in [0.15, 0.2) is 22.9 Å². The first-order valence-corrected chi connectivity index (χ1v) is 8.44. The van der Waals surface area contributed by atoms with E-state index in [1.54, 1.807) is 11.1 Å². The van der Waals surface area contributed by atoms with Gasteiger partial charge in [-0.1, -0.05) is 0 Å². The Labute approximate surface area is 140 Å². The van der Waals surface area contributed by atoms with Gasteiger partial charge in [-0.2, -0.15) is 0 Å². The summed E-state index contributed by atoms with van der Waals surface area (Å²) in [5, 5.41) is 3.55. The number of piperidine rings is 1. The van der Waals surface area contributed by atoms with Gasteiger partial charge in [0.15, 0.2) is 0 Å². The number of carbonyl (C=O) groups is 1. The minimum absolute atomic E-state index is 0.205. The van der Waals surface area contributed by atoms with E-state index in [1.807, 2.05) is 32.9 Å². The zero-order chi connectivity index (χ0) is 16.2. The molecule has 2 rings (SSSR count). The van der Waals surface area contributed by atoms with Gasteiger partial charge >= 0.3 is 6.09 Å². The molecule has 1 aliphatic heterocycles. The van der Waals surface area contributed by atoms with Gasteiger partial charge in [0.1, 0.15) is 10.2 Å². The third-order valence-corrected chi connectivity index (χ3v) is 3.97. The second-order valence-corrected chi connectivity index (χ2v) is 7.42. The molecule has 1 aromatic heterocycles. The molecule has 0 aromatic carbocycles. The monoisotopic (exact) mass is 369 g/mol. The predicted molar refractivity (Wildman–Crippen MR) is 89.6 cm³/mol. The van der Waals surface area contributed by atoms with Gasteiger partial charge in [-0.3, -0.25) is 0 Å². The van der Waals surface area contributed by atoms with Crippen molar-refractivity contribution in [2.45, 2.75) is 51.8 Å². The highest BCUT2D eigenvalue weighted by Gasteiger charge is 2.26. The summed E-state index contributed by atoms with van der Waals surface area (Å²) in [6.45, 7) is 7.99. The summed E-state index contributed by atoms with van der Waals surface area (Å²) >= 11 is 3.38. The van der Waals surface area contributed by atoms with Crippen LogP contribution in [0.5, 0.6) is 0 Å². The Balaban J connectivity index is 1.74. The molecule has 2 heterocycles. The number of halogens is 1. The summed E-state index contributed by atoms with van der Waals surface area (Å²) in [6, 6.07) is 4.46. The van der Waals surface area contributed by atoms with Crippen LogP contribution in [0.1, 0.15) is 39.2 Å². The maximum atomic E-state index is 12.0. The van der Waals surface area contributed by atoms with Gasteiger partial charge in [0, 0.05) is 31.9 Å². The number of nitrogens with zero attached hydrogens (tertiary/aromatic N) is 2. The highest BCUT2D eigenvalue weighted by atomic mass is 79.9. The molecule has 1 saturated heterocycles. The molecular weight excluding hydrogens is 346 g/mol. The fourth-order valence-corrected chi connectivity index (χ4v) is 2.82. The fraction of sp³-hybridized carbons (Fsp3) is 0.625. The standard InChI is InChI=1S/C16H24BrN3O2/c1-16(2,3)22-15(21)20-8-5-13(6-9-20)19-11-12-4-7-18-14(17)10-12/h4,7,10,13,19H,5-6,8-9,11H2,1-3H3. The van der Waals surface area contributed by atoms with E-state index in [9.17, 15) is 4.79 Å².